The highest BCUT2D eigenvalue weighted by molar-refractivity contribution is 7.99. The van der Waals surface area contributed by atoms with E-state index >= 15 is 0 Å². The topological polar surface area (TPSA) is 51.0 Å². The number of thioether (sulfide) groups is 1. The van der Waals surface area contributed by atoms with Crippen LogP contribution in [0.2, 0.25) is 5.02 Å². The summed E-state index contributed by atoms with van der Waals surface area (Å²) >= 11 is 7.84. The van der Waals surface area contributed by atoms with E-state index in [0.717, 1.165) is 37.6 Å². The SMILES string of the molecule is O=C(CSc1nnc(N2CCCC2)n1-c1ccccc1Cl)c1ccccc1. The number of carbonyl (C=O) groups excluding carboxylic acids is 1. The first-order valence-electron chi connectivity index (χ1n) is 8.90. The summed E-state index contributed by atoms with van der Waals surface area (Å²) in [5.74, 6) is 1.15. The number of rotatable bonds is 6. The first-order valence-corrected chi connectivity index (χ1v) is 10.3. The molecule has 0 bridgehead atoms. The number of Topliss-reactive ketones (excluding diaryl/α,β-unsaturated/α-hetero) is 1. The zero-order valence-corrected chi connectivity index (χ0v) is 16.3. The van der Waals surface area contributed by atoms with Gasteiger partial charge in [0.25, 0.3) is 0 Å². The summed E-state index contributed by atoms with van der Waals surface area (Å²) in [5.41, 5.74) is 1.54. The number of benzene rings is 2. The number of ketones is 1. The lowest BCUT2D eigenvalue weighted by molar-refractivity contribution is 0.102. The fourth-order valence-electron chi connectivity index (χ4n) is 3.16. The lowest BCUT2D eigenvalue weighted by atomic mass is 10.2. The van der Waals surface area contributed by atoms with E-state index in [1.165, 1.54) is 11.8 Å². The molecule has 0 radical (unpaired) electrons. The molecule has 1 aliphatic heterocycles. The Morgan fingerprint density at radius 3 is 2.44 bits per heavy atom. The van der Waals surface area contributed by atoms with E-state index in [0.29, 0.717) is 21.5 Å². The number of hydrogen-bond acceptors (Lipinski definition) is 5. The third-order valence-electron chi connectivity index (χ3n) is 4.53. The molecule has 5 nitrogen and oxygen atoms in total. The van der Waals surface area contributed by atoms with E-state index in [1.807, 2.05) is 59.2 Å². The van der Waals surface area contributed by atoms with Crippen molar-refractivity contribution in [3.05, 3.63) is 65.2 Å². The van der Waals surface area contributed by atoms with Gasteiger partial charge in [-0.25, -0.2) is 0 Å². The zero-order chi connectivity index (χ0) is 18.6. The zero-order valence-electron chi connectivity index (χ0n) is 14.7. The summed E-state index contributed by atoms with van der Waals surface area (Å²) in [7, 11) is 0. The first-order chi connectivity index (χ1) is 13.2. The van der Waals surface area contributed by atoms with Gasteiger partial charge < -0.3 is 4.90 Å². The van der Waals surface area contributed by atoms with Crippen LogP contribution in [0.25, 0.3) is 5.69 Å². The van der Waals surface area contributed by atoms with Crippen molar-refractivity contribution in [2.75, 3.05) is 23.7 Å². The molecule has 1 saturated heterocycles. The Hall–Kier alpha value is -2.31. The Morgan fingerprint density at radius 2 is 1.70 bits per heavy atom. The molecule has 0 N–H and O–H groups in total. The van der Waals surface area contributed by atoms with Gasteiger partial charge in [0.1, 0.15) is 0 Å². The van der Waals surface area contributed by atoms with Crippen molar-refractivity contribution < 1.29 is 4.79 Å². The molecule has 1 aromatic heterocycles. The summed E-state index contributed by atoms with van der Waals surface area (Å²) in [4.78, 5) is 14.7. The van der Waals surface area contributed by atoms with Crippen LogP contribution in [-0.4, -0.2) is 39.4 Å². The summed E-state index contributed by atoms with van der Waals surface area (Å²) in [6.07, 6.45) is 2.29. The van der Waals surface area contributed by atoms with Crippen molar-refractivity contribution in [1.29, 1.82) is 0 Å². The Balaban J connectivity index is 1.64. The molecule has 0 saturated carbocycles. The van der Waals surface area contributed by atoms with E-state index in [-0.39, 0.29) is 5.78 Å². The van der Waals surface area contributed by atoms with E-state index in [2.05, 4.69) is 15.1 Å². The Labute approximate surface area is 167 Å². The third-order valence-corrected chi connectivity index (χ3v) is 5.78. The van der Waals surface area contributed by atoms with Crippen LogP contribution in [0.5, 0.6) is 0 Å². The van der Waals surface area contributed by atoms with Crippen LogP contribution in [-0.2, 0) is 0 Å². The lowest BCUT2D eigenvalue weighted by Crippen LogP contribution is -2.22. The van der Waals surface area contributed by atoms with Crippen LogP contribution < -0.4 is 4.90 Å². The summed E-state index contributed by atoms with van der Waals surface area (Å²) < 4.78 is 1.97. The predicted molar refractivity (Wildman–Crippen MR) is 109 cm³/mol. The van der Waals surface area contributed by atoms with E-state index in [1.54, 1.807) is 0 Å². The maximum Gasteiger partial charge on any atom is 0.232 e. The normalized spacial score (nSPS) is 13.9. The molecular weight excluding hydrogens is 380 g/mol. The average Bonchev–Trinajstić information content (AvgIpc) is 3.37. The molecule has 1 fully saturated rings. The third kappa shape index (κ3) is 3.87. The van der Waals surface area contributed by atoms with Gasteiger partial charge in [-0.15, -0.1) is 10.2 Å². The van der Waals surface area contributed by atoms with E-state index < -0.39 is 0 Å². The van der Waals surface area contributed by atoms with Gasteiger partial charge in [-0.1, -0.05) is 65.8 Å². The summed E-state index contributed by atoms with van der Waals surface area (Å²) in [6, 6.07) is 17.0. The van der Waals surface area contributed by atoms with Crippen molar-refractivity contribution in [3.8, 4) is 5.69 Å². The molecule has 0 atom stereocenters. The molecule has 0 unspecified atom stereocenters. The molecule has 1 aliphatic rings. The summed E-state index contributed by atoms with van der Waals surface area (Å²) in [5, 5.41) is 10.1. The Bertz CT molecular complexity index is 938. The van der Waals surface area contributed by atoms with Crippen LogP contribution in [0, 0.1) is 0 Å². The van der Waals surface area contributed by atoms with Crippen LogP contribution in [0.1, 0.15) is 23.2 Å². The van der Waals surface area contributed by atoms with Gasteiger partial charge in [0.15, 0.2) is 10.9 Å². The fraction of sp³-hybridized carbons (Fsp3) is 0.250. The van der Waals surface area contributed by atoms with Crippen LogP contribution >= 0.6 is 23.4 Å². The largest absolute Gasteiger partial charge is 0.341 e. The highest BCUT2D eigenvalue weighted by Crippen LogP contribution is 2.32. The second-order valence-electron chi connectivity index (χ2n) is 6.34. The minimum absolute atomic E-state index is 0.0667. The Morgan fingerprint density at radius 1 is 1.00 bits per heavy atom. The van der Waals surface area contributed by atoms with Crippen LogP contribution in [0.3, 0.4) is 0 Å². The number of para-hydroxylation sites is 1. The molecule has 3 aromatic rings. The molecule has 0 spiro atoms. The Kier molecular flexibility index (Phi) is 5.45. The number of aromatic nitrogens is 3. The molecule has 0 aliphatic carbocycles. The van der Waals surface area contributed by atoms with Gasteiger partial charge in [0, 0.05) is 18.7 Å². The van der Waals surface area contributed by atoms with E-state index in [9.17, 15) is 4.79 Å². The average molecular weight is 399 g/mol. The second kappa shape index (κ2) is 8.15. The van der Waals surface area contributed by atoms with Crippen LogP contribution in [0.15, 0.2) is 59.8 Å². The van der Waals surface area contributed by atoms with Crippen molar-refractivity contribution in [1.82, 2.24) is 14.8 Å². The first kappa shape index (κ1) is 18.1. The number of hydrogen-bond donors (Lipinski definition) is 0. The van der Waals surface area contributed by atoms with Gasteiger partial charge in [0.2, 0.25) is 5.95 Å². The summed E-state index contributed by atoms with van der Waals surface area (Å²) in [6.45, 7) is 1.91. The quantitative estimate of drug-likeness (QED) is 0.452. The molecule has 138 valence electrons. The van der Waals surface area contributed by atoms with Crippen LogP contribution in [0.4, 0.5) is 5.95 Å². The molecule has 4 rings (SSSR count). The van der Waals surface area contributed by atoms with Crippen molar-refractivity contribution in [2.45, 2.75) is 18.0 Å². The molecule has 2 heterocycles. The molecule has 7 heteroatoms. The highest BCUT2D eigenvalue weighted by atomic mass is 35.5. The number of nitrogens with zero attached hydrogens (tertiary/aromatic N) is 4. The smallest absolute Gasteiger partial charge is 0.232 e. The van der Waals surface area contributed by atoms with Crippen molar-refractivity contribution >= 4 is 35.1 Å². The van der Waals surface area contributed by atoms with Crippen molar-refractivity contribution in [3.63, 3.8) is 0 Å². The second-order valence-corrected chi connectivity index (χ2v) is 7.69. The number of halogens is 1. The monoisotopic (exact) mass is 398 g/mol. The molecule has 27 heavy (non-hydrogen) atoms. The molecule has 0 amide bonds. The van der Waals surface area contributed by atoms with Gasteiger partial charge >= 0.3 is 0 Å². The van der Waals surface area contributed by atoms with Crippen molar-refractivity contribution in [2.24, 2.45) is 0 Å². The lowest BCUT2D eigenvalue weighted by Gasteiger charge is -2.19. The van der Waals surface area contributed by atoms with Gasteiger partial charge in [-0.2, -0.15) is 0 Å². The van der Waals surface area contributed by atoms with Gasteiger partial charge in [-0.3, -0.25) is 9.36 Å². The van der Waals surface area contributed by atoms with Gasteiger partial charge in [-0.05, 0) is 25.0 Å². The van der Waals surface area contributed by atoms with E-state index in [4.69, 9.17) is 11.6 Å². The minimum Gasteiger partial charge on any atom is -0.341 e. The fourth-order valence-corrected chi connectivity index (χ4v) is 4.21. The maximum atomic E-state index is 12.5. The predicted octanol–water partition coefficient (Wildman–Crippen LogP) is 4.50. The number of anilines is 1. The maximum absolute atomic E-state index is 12.5. The molecule has 2 aromatic carbocycles. The van der Waals surface area contributed by atoms with Gasteiger partial charge in [0.05, 0.1) is 16.5 Å². The molecular formula is C20H19ClN4OS. The number of carbonyl (C=O) groups is 1. The standard InChI is InChI=1S/C20H19ClN4OS/c21-16-10-4-5-11-17(16)25-19(24-12-6-7-13-24)22-23-20(25)27-14-18(26)15-8-2-1-3-9-15/h1-5,8-11H,6-7,12-14H2. The highest BCUT2D eigenvalue weighted by Gasteiger charge is 2.24. The minimum atomic E-state index is 0.0667.